The molecular weight excluding hydrogens is 422 g/mol. The Hall–Kier alpha value is -2.93. The zero-order chi connectivity index (χ0) is 21.9. The average Bonchev–Trinajstić information content (AvgIpc) is 3.52. The molecule has 2 amide bonds. The molecule has 1 aliphatic carbocycles. The number of carbonyl (C=O) groups excluding carboxylic acids is 2. The average molecular weight is 450 g/mol. The Morgan fingerprint density at radius 1 is 1.12 bits per heavy atom. The lowest BCUT2D eigenvalue weighted by Gasteiger charge is -2.34. The van der Waals surface area contributed by atoms with Gasteiger partial charge in [0, 0.05) is 18.0 Å². The fraction of sp³-hybridized carbons (Fsp3) is 0.400. The minimum atomic E-state index is -0.232. The Bertz CT molecular complexity index is 1050. The summed E-state index contributed by atoms with van der Waals surface area (Å²) in [6.07, 6.45) is 8.97. The van der Waals surface area contributed by atoms with Gasteiger partial charge in [-0.3, -0.25) is 14.5 Å². The molecule has 0 saturated carbocycles. The molecule has 1 aliphatic heterocycles. The third-order valence-electron chi connectivity index (χ3n) is 6.34. The largest absolute Gasteiger partial charge is 0.472 e. The van der Waals surface area contributed by atoms with Crippen molar-refractivity contribution in [3.8, 4) is 0 Å². The number of hydrogen-bond acceptors (Lipinski definition) is 5. The second-order valence-corrected chi connectivity index (χ2v) is 9.65. The van der Waals surface area contributed by atoms with Crippen molar-refractivity contribution in [3.63, 3.8) is 0 Å². The predicted molar refractivity (Wildman–Crippen MR) is 124 cm³/mol. The van der Waals surface area contributed by atoms with E-state index < -0.39 is 0 Å². The first-order chi connectivity index (χ1) is 15.7. The number of anilines is 1. The first-order valence-electron chi connectivity index (χ1n) is 11.3. The topological polar surface area (TPSA) is 66.7 Å². The van der Waals surface area contributed by atoms with Gasteiger partial charge in [-0.2, -0.15) is 0 Å². The smallest absolute Gasteiger partial charge is 0.257 e. The maximum Gasteiger partial charge on any atom is 0.257 e. The lowest BCUT2D eigenvalue weighted by atomic mass is 9.96. The monoisotopic (exact) mass is 449 g/mol. The van der Waals surface area contributed by atoms with Crippen LogP contribution in [0.1, 0.15) is 52.2 Å². The van der Waals surface area contributed by atoms with Crippen LogP contribution >= 0.6 is 11.3 Å². The van der Waals surface area contributed by atoms with Crippen LogP contribution in [0.2, 0.25) is 0 Å². The number of fused-ring (bicyclic) bond motifs is 1. The van der Waals surface area contributed by atoms with Crippen molar-refractivity contribution in [1.82, 2.24) is 9.88 Å². The number of piperidine rings is 1. The molecule has 2 aliphatic rings. The van der Waals surface area contributed by atoms with Gasteiger partial charge in [0.1, 0.15) is 6.26 Å². The summed E-state index contributed by atoms with van der Waals surface area (Å²) in [5, 5.41) is 0.795. The molecule has 2 aromatic heterocycles. The molecule has 3 heterocycles. The van der Waals surface area contributed by atoms with Gasteiger partial charge in [0.25, 0.3) is 5.91 Å². The summed E-state index contributed by atoms with van der Waals surface area (Å²) in [6, 6.07) is 11.7. The van der Waals surface area contributed by atoms with Crippen molar-refractivity contribution in [2.75, 3.05) is 18.0 Å². The second kappa shape index (κ2) is 9.28. The number of thiazole rings is 1. The fourth-order valence-corrected chi connectivity index (χ4v) is 5.76. The number of carbonyl (C=O) groups is 2. The van der Waals surface area contributed by atoms with E-state index in [0.29, 0.717) is 25.2 Å². The Balaban J connectivity index is 1.39. The molecule has 0 spiro atoms. The molecule has 5 rings (SSSR count). The maximum atomic E-state index is 13.8. The van der Waals surface area contributed by atoms with Crippen LogP contribution < -0.4 is 4.90 Å². The van der Waals surface area contributed by atoms with Crippen molar-refractivity contribution in [1.29, 1.82) is 0 Å². The van der Waals surface area contributed by atoms with Gasteiger partial charge in [-0.15, -0.1) is 11.3 Å². The van der Waals surface area contributed by atoms with E-state index in [-0.39, 0.29) is 17.7 Å². The minimum Gasteiger partial charge on any atom is -0.472 e. The number of amides is 2. The van der Waals surface area contributed by atoms with Crippen LogP contribution in [-0.4, -0.2) is 34.8 Å². The van der Waals surface area contributed by atoms with Crippen molar-refractivity contribution < 1.29 is 14.0 Å². The summed E-state index contributed by atoms with van der Waals surface area (Å²) in [5.74, 6) is -0.246. The van der Waals surface area contributed by atoms with Crippen molar-refractivity contribution >= 4 is 28.3 Å². The summed E-state index contributed by atoms with van der Waals surface area (Å²) in [5.41, 5.74) is 2.77. The molecule has 3 aromatic rings. The number of aryl methyl sites for hydroxylation is 2. The van der Waals surface area contributed by atoms with Gasteiger partial charge >= 0.3 is 0 Å². The zero-order valence-corrected chi connectivity index (χ0v) is 18.9. The highest BCUT2D eigenvalue weighted by atomic mass is 32.1. The molecule has 32 heavy (non-hydrogen) atoms. The first-order valence-corrected chi connectivity index (χ1v) is 12.2. The Morgan fingerprint density at radius 2 is 1.97 bits per heavy atom. The number of rotatable bonds is 5. The molecule has 1 atom stereocenters. The minimum absolute atomic E-state index is 0.0599. The van der Waals surface area contributed by atoms with Gasteiger partial charge in [-0.1, -0.05) is 30.3 Å². The van der Waals surface area contributed by atoms with Gasteiger partial charge in [-0.05, 0) is 50.2 Å². The third kappa shape index (κ3) is 4.35. The van der Waals surface area contributed by atoms with Gasteiger partial charge < -0.3 is 9.32 Å². The quantitative estimate of drug-likeness (QED) is 0.566. The molecule has 166 valence electrons. The summed E-state index contributed by atoms with van der Waals surface area (Å²) in [7, 11) is 0. The van der Waals surface area contributed by atoms with Crippen LogP contribution in [0.4, 0.5) is 5.13 Å². The zero-order valence-electron chi connectivity index (χ0n) is 18.0. The second-order valence-electron chi connectivity index (χ2n) is 8.59. The SMILES string of the molecule is O=C(c1ccoc1)N1CCCC(C(=O)N(Cc2ccccc2)c2nc3c(s2)CCCC3)C1. The van der Waals surface area contributed by atoms with Crippen LogP contribution in [0.3, 0.4) is 0 Å². The molecule has 0 radical (unpaired) electrons. The van der Waals surface area contributed by atoms with Crippen LogP contribution in [-0.2, 0) is 24.2 Å². The van der Waals surface area contributed by atoms with Gasteiger partial charge in [0.2, 0.25) is 5.91 Å². The highest BCUT2D eigenvalue weighted by Gasteiger charge is 2.34. The molecule has 1 fully saturated rings. The van der Waals surface area contributed by atoms with Crippen LogP contribution in [0, 0.1) is 5.92 Å². The van der Waals surface area contributed by atoms with Gasteiger partial charge in [0.05, 0.1) is 30.0 Å². The Kier molecular flexibility index (Phi) is 6.08. The number of benzene rings is 1. The number of likely N-dealkylation sites (tertiary alicyclic amines) is 1. The van der Waals surface area contributed by atoms with E-state index in [9.17, 15) is 9.59 Å². The standard InChI is InChI=1S/C25H27N3O3S/c29-23(20-12-14-31-17-20)27-13-6-9-19(16-27)24(30)28(15-18-7-2-1-3-8-18)25-26-21-10-4-5-11-22(21)32-25/h1-3,7-8,12,14,17,19H,4-6,9-11,13,15-16H2. The summed E-state index contributed by atoms with van der Waals surface area (Å²) in [4.78, 5) is 36.5. The summed E-state index contributed by atoms with van der Waals surface area (Å²) in [6.45, 7) is 1.59. The summed E-state index contributed by atoms with van der Waals surface area (Å²) >= 11 is 1.66. The molecule has 0 N–H and O–H groups in total. The third-order valence-corrected chi connectivity index (χ3v) is 7.52. The van der Waals surface area contributed by atoms with E-state index >= 15 is 0 Å². The highest BCUT2D eigenvalue weighted by molar-refractivity contribution is 7.15. The normalized spacial score (nSPS) is 18.2. The van der Waals surface area contributed by atoms with E-state index in [4.69, 9.17) is 9.40 Å². The van der Waals surface area contributed by atoms with E-state index in [1.807, 2.05) is 35.2 Å². The van der Waals surface area contributed by atoms with Crippen LogP contribution in [0.15, 0.2) is 53.3 Å². The first kappa shape index (κ1) is 20.9. The van der Waals surface area contributed by atoms with E-state index in [2.05, 4.69) is 0 Å². The molecule has 7 heteroatoms. The highest BCUT2D eigenvalue weighted by Crippen LogP contribution is 2.34. The molecule has 1 unspecified atom stereocenters. The van der Waals surface area contributed by atoms with E-state index in [1.165, 1.54) is 23.8 Å². The maximum absolute atomic E-state index is 13.8. The van der Waals surface area contributed by atoms with E-state index in [1.54, 1.807) is 22.3 Å². The lowest BCUT2D eigenvalue weighted by molar-refractivity contribution is -0.123. The van der Waals surface area contributed by atoms with Crippen LogP contribution in [0.5, 0.6) is 0 Å². The van der Waals surface area contributed by atoms with E-state index in [0.717, 1.165) is 48.5 Å². The number of aromatic nitrogens is 1. The van der Waals surface area contributed by atoms with Gasteiger partial charge in [-0.25, -0.2) is 4.98 Å². The molecule has 6 nitrogen and oxygen atoms in total. The number of nitrogens with zero attached hydrogens (tertiary/aromatic N) is 3. The lowest BCUT2D eigenvalue weighted by Crippen LogP contribution is -2.46. The Labute approximate surface area is 191 Å². The number of hydrogen-bond donors (Lipinski definition) is 0. The van der Waals surface area contributed by atoms with Crippen molar-refractivity contribution in [2.24, 2.45) is 5.92 Å². The molecular formula is C25H27N3O3S. The van der Waals surface area contributed by atoms with Crippen molar-refractivity contribution in [3.05, 3.63) is 70.6 Å². The molecule has 1 saturated heterocycles. The Morgan fingerprint density at radius 3 is 2.75 bits per heavy atom. The number of furan rings is 1. The fourth-order valence-electron chi connectivity index (χ4n) is 4.61. The molecule has 0 bridgehead atoms. The summed E-state index contributed by atoms with van der Waals surface area (Å²) < 4.78 is 5.07. The van der Waals surface area contributed by atoms with Gasteiger partial charge in [0.15, 0.2) is 5.13 Å². The predicted octanol–water partition coefficient (Wildman–Crippen LogP) is 4.70. The van der Waals surface area contributed by atoms with Crippen LogP contribution in [0.25, 0.3) is 0 Å². The molecule has 1 aromatic carbocycles. The van der Waals surface area contributed by atoms with Crippen molar-refractivity contribution in [2.45, 2.75) is 45.1 Å².